The van der Waals surface area contributed by atoms with E-state index < -0.39 is 23.6 Å². The van der Waals surface area contributed by atoms with Crippen molar-refractivity contribution in [2.75, 3.05) is 21.3 Å². The van der Waals surface area contributed by atoms with Gasteiger partial charge < -0.3 is 14.2 Å². The van der Waals surface area contributed by atoms with Gasteiger partial charge >= 0.3 is 17.9 Å². The zero-order valence-corrected chi connectivity index (χ0v) is 16.7. The van der Waals surface area contributed by atoms with Crippen molar-refractivity contribution in [3.8, 4) is 0 Å². The van der Waals surface area contributed by atoms with Gasteiger partial charge in [-0.1, -0.05) is 6.58 Å². The predicted molar refractivity (Wildman–Crippen MR) is 93.1 cm³/mol. The lowest BCUT2D eigenvalue weighted by Crippen LogP contribution is -2.29. The molecule has 0 saturated carbocycles. The summed E-state index contributed by atoms with van der Waals surface area (Å²) >= 11 is 4.24. The van der Waals surface area contributed by atoms with E-state index in [1.807, 2.05) is 0 Å². The number of carbonyl (C=O) groups excluding carboxylic acids is 4. The highest BCUT2D eigenvalue weighted by molar-refractivity contribution is 15.0. The van der Waals surface area contributed by atoms with Crippen molar-refractivity contribution >= 4 is 60.9 Å². The van der Waals surface area contributed by atoms with E-state index in [0.29, 0.717) is 5.57 Å². The number of esters is 3. The molecule has 0 rings (SSSR count). The molecule has 1 unspecified atom stereocenters. The quantitative estimate of drug-likeness (QED) is 0.138. The van der Waals surface area contributed by atoms with Crippen molar-refractivity contribution in [1.82, 2.24) is 0 Å². The fourth-order valence-electron chi connectivity index (χ4n) is 0.735. The summed E-state index contributed by atoms with van der Waals surface area (Å²) in [5.41, 5.74) is 0.433. The second-order valence-electron chi connectivity index (χ2n) is 3.37. The lowest BCUT2D eigenvalue weighted by Gasteiger charge is -2.05. The second-order valence-corrected chi connectivity index (χ2v) is 3.37. The summed E-state index contributed by atoms with van der Waals surface area (Å²) < 4.78 is 12.7. The molecule has 21 heavy (non-hydrogen) atoms. The Morgan fingerprint density at radius 1 is 0.905 bits per heavy atom. The molecule has 0 amide bonds. The Morgan fingerprint density at radius 2 is 1.29 bits per heavy atom. The minimum Gasteiger partial charge on any atom is -0.468 e. The largest absolute Gasteiger partial charge is 0.468 e. The Labute approximate surface area is 147 Å². The highest BCUT2D eigenvalue weighted by Crippen LogP contribution is 2.00. The number of rotatable bonds is 4. The summed E-state index contributed by atoms with van der Waals surface area (Å²) in [5, 5.41) is 0. The molecular formula is C12H18I2O7. The molecule has 0 aromatic heterocycles. The standard InChI is InChI=1S/C7H10O5.C5H8O2.I2/c1-4(6(9)11-2)5(8)7(10)12-3;1-4(2)5(6)7-3;1-2/h4H,1-3H3;1H2,2-3H3;. The third-order valence-corrected chi connectivity index (χ3v) is 1.87. The minimum atomic E-state index is -1.09. The van der Waals surface area contributed by atoms with Gasteiger partial charge in [0.25, 0.3) is 5.78 Å². The lowest BCUT2D eigenvalue weighted by atomic mass is 10.1. The number of ether oxygens (including phenoxy) is 3. The molecule has 0 aliphatic rings. The van der Waals surface area contributed by atoms with Gasteiger partial charge in [0, 0.05) is 42.8 Å². The average Bonchev–Trinajstić information content (AvgIpc) is 2.53. The van der Waals surface area contributed by atoms with Gasteiger partial charge in [0.05, 0.1) is 21.3 Å². The Morgan fingerprint density at radius 3 is 1.48 bits per heavy atom. The molecule has 0 fully saturated rings. The zero-order valence-electron chi connectivity index (χ0n) is 12.4. The third kappa shape index (κ3) is 12.7. The van der Waals surface area contributed by atoms with Gasteiger partial charge in [-0.15, -0.1) is 0 Å². The molecule has 0 radical (unpaired) electrons. The van der Waals surface area contributed by atoms with Crippen molar-refractivity contribution < 1.29 is 33.4 Å². The van der Waals surface area contributed by atoms with E-state index in [9.17, 15) is 19.2 Å². The van der Waals surface area contributed by atoms with E-state index in [1.165, 1.54) is 14.0 Å². The lowest BCUT2D eigenvalue weighted by molar-refractivity contribution is -0.159. The van der Waals surface area contributed by atoms with Crippen LogP contribution < -0.4 is 0 Å². The molecule has 0 aliphatic heterocycles. The van der Waals surface area contributed by atoms with Gasteiger partial charge in [-0.3, -0.25) is 9.59 Å². The molecule has 0 bridgehead atoms. The molecule has 122 valence electrons. The summed E-state index contributed by atoms with van der Waals surface area (Å²) in [6.07, 6.45) is 0. The van der Waals surface area contributed by atoms with E-state index >= 15 is 0 Å². The van der Waals surface area contributed by atoms with Crippen LogP contribution in [0.3, 0.4) is 0 Å². The second kappa shape index (κ2) is 15.7. The first-order valence-corrected chi connectivity index (χ1v) is 11.6. The number of carbonyl (C=O) groups is 4. The van der Waals surface area contributed by atoms with Crippen molar-refractivity contribution in [1.29, 1.82) is 0 Å². The van der Waals surface area contributed by atoms with Crippen molar-refractivity contribution in [3.63, 3.8) is 0 Å². The van der Waals surface area contributed by atoms with E-state index in [0.717, 1.165) is 14.2 Å². The van der Waals surface area contributed by atoms with Crippen LogP contribution in [0.1, 0.15) is 13.8 Å². The number of halogens is 2. The summed E-state index contributed by atoms with van der Waals surface area (Å²) in [4.78, 5) is 42.4. The Balaban J connectivity index is -0.000000307. The minimum absolute atomic E-state index is 0.347. The molecule has 0 N–H and O–H groups in total. The highest BCUT2D eigenvalue weighted by Gasteiger charge is 2.28. The molecule has 1 atom stereocenters. The Bertz CT molecular complexity index is 380. The first-order chi connectivity index (χ1) is 9.72. The van der Waals surface area contributed by atoms with Crippen LogP contribution >= 0.6 is 37.2 Å². The van der Waals surface area contributed by atoms with Crippen LogP contribution in [-0.4, -0.2) is 45.0 Å². The van der Waals surface area contributed by atoms with E-state index in [-0.39, 0.29) is 5.97 Å². The van der Waals surface area contributed by atoms with Crippen LogP contribution in [0, 0.1) is 5.92 Å². The Kier molecular flexibility index (Phi) is 18.8. The summed E-state index contributed by atoms with van der Waals surface area (Å²) in [7, 11) is 3.55. The highest BCUT2D eigenvalue weighted by atomic mass is 128. The maximum Gasteiger partial charge on any atom is 0.375 e. The topological polar surface area (TPSA) is 96.0 Å². The van der Waals surface area contributed by atoms with Crippen LogP contribution in [0.15, 0.2) is 12.2 Å². The molecule has 0 aliphatic carbocycles. The first-order valence-electron chi connectivity index (χ1n) is 5.30. The Hall–Kier alpha value is -0.720. The normalized spacial score (nSPS) is 9.48. The molecule has 0 spiro atoms. The fraction of sp³-hybridized carbons (Fsp3) is 0.500. The van der Waals surface area contributed by atoms with Gasteiger partial charge in [-0.25, -0.2) is 9.59 Å². The number of ketones is 1. The molecule has 9 heteroatoms. The third-order valence-electron chi connectivity index (χ3n) is 1.87. The summed E-state index contributed by atoms with van der Waals surface area (Å²) in [6, 6.07) is 0. The smallest absolute Gasteiger partial charge is 0.375 e. The van der Waals surface area contributed by atoms with Crippen molar-refractivity contribution in [2.45, 2.75) is 13.8 Å². The summed E-state index contributed by atoms with van der Waals surface area (Å²) in [5.74, 6) is -4.12. The molecule has 0 aromatic carbocycles. The summed E-state index contributed by atoms with van der Waals surface area (Å²) in [6.45, 7) is 6.24. The predicted octanol–water partition coefficient (Wildman–Crippen LogP) is 2.04. The van der Waals surface area contributed by atoms with Crippen LogP contribution in [0.25, 0.3) is 0 Å². The SMILES string of the molecule is C=C(C)C(=O)OC.COC(=O)C(=O)C(C)C(=O)OC.II. The fourth-order valence-corrected chi connectivity index (χ4v) is 0.735. The molecule has 7 nitrogen and oxygen atoms in total. The van der Waals surface area contributed by atoms with Gasteiger partial charge in [0.15, 0.2) is 0 Å². The molecule has 0 heterocycles. The van der Waals surface area contributed by atoms with Gasteiger partial charge in [0.2, 0.25) is 0 Å². The van der Waals surface area contributed by atoms with Gasteiger partial charge in [-0.2, -0.15) is 0 Å². The number of hydrogen-bond acceptors (Lipinski definition) is 7. The molecular weight excluding hydrogens is 510 g/mol. The van der Waals surface area contributed by atoms with E-state index in [2.05, 4.69) is 58.0 Å². The van der Waals surface area contributed by atoms with Gasteiger partial charge in [-0.05, 0) is 13.8 Å². The van der Waals surface area contributed by atoms with Crippen molar-refractivity contribution in [3.05, 3.63) is 12.2 Å². The van der Waals surface area contributed by atoms with Gasteiger partial charge in [0.1, 0.15) is 5.92 Å². The van der Waals surface area contributed by atoms with E-state index in [1.54, 1.807) is 6.92 Å². The molecule has 0 aromatic rings. The monoisotopic (exact) mass is 528 g/mol. The van der Waals surface area contributed by atoms with Crippen LogP contribution in [0.2, 0.25) is 0 Å². The maximum absolute atomic E-state index is 10.9. The van der Waals surface area contributed by atoms with Crippen LogP contribution in [0.5, 0.6) is 0 Å². The first kappa shape index (κ1) is 25.2. The average molecular weight is 528 g/mol. The van der Waals surface area contributed by atoms with Crippen LogP contribution in [0.4, 0.5) is 0 Å². The maximum atomic E-state index is 10.9. The molecule has 0 saturated heterocycles. The number of Topliss-reactive ketones (excluding diaryl/α,β-unsaturated/α-hetero) is 1. The van der Waals surface area contributed by atoms with Crippen molar-refractivity contribution in [2.24, 2.45) is 5.92 Å². The number of methoxy groups -OCH3 is 3. The number of hydrogen-bond donors (Lipinski definition) is 0. The van der Waals surface area contributed by atoms with Crippen LogP contribution in [-0.2, 0) is 33.4 Å². The van der Waals surface area contributed by atoms with E-state index in [4.69, 9.17) is 0 Å². The zero-order chi connectivity index (χ0) is 17.6.